The number of hydrazone groups is 1. The monoisotopic (exact) mass is 368 g/mol. The van der Waals surface area contributed by atoms with Crippen molar-refractivity contribution in [1.29, 1.82) is 5.26 Å². The number of carbonyl (C=O) groups is 2. The van der Waals surface area contributed by atoms with Gasteiger partial charge in [0.2, 0.25) is 11.8 Å². The van der Waals surface area contributed by atoms with Gasteiger partial charge in [0, 0.05) is 17.8 Å². The molecular weight excluding hydrogens is 354 g/mol. The lowest BCUT2D eigenvalue weighted by Gasteiger charge is -2.12. The maximum absolute atomic E-state index is 12.0. The normalized spacial score (nSPS) is 13.3. The van der Waals surface area contributed by atoms with Gasteiger partial charge >= 0.3 is 0 Å². The van der Waals surface area contributed by atoms with Crippen molar-refractivity contribution in [3.8, 4) is 6.07 Å². The molecule has 1 aliphatic carbocycles. The number of benzene rings is 1. The van der Waals surface area contributed by atoms with Gasteiger partial charge in [-0.25, -0.2) is 0 Å². The number of rotatable bonds is 4. The highest BCUT2D eigenvalue weighted by molar-refractivity contribution is 6.16. The first-order chi connectivity index (χ1) is 12.9. The molecule has 0 heterocycles. The minimum absolute atomic E-state index is 0.119. The molecule has 0 unspecified atom stereocenters. The summed E-state index contributed by atoms with van der Waals surface area (Å²) in [6.07, 6.45) is 5.15. The second-order valence-electron chi connectivity index (χ2n) is 5.11. The smallest absolute Gasteiger partial charge is 0.277 e. The van der Waals surface area contributed by atoms with Gasteiger partial charge < -0.3 is 16.1 Å². The molecule has 0 bridgehead atoms. The summed E-state index contributed by atoms with van der Waals surface area (Å²) in [6, 6.07) is 6.53. The Morgan fingerprint density at radius 2 is 1.81 bits per heavy atom. The van der Waals surface area contributed by atoms with Gasteiger partial charge in [0.15, 0.2) is 0 Å². The second kappa shape index (κ2) is 8.67. The molecule has 1 aromatic rings. The number of nitrogens with zero attached hydrogens (tertiary/aromatic N) is 3. The Bertz CT molecular complexity index is 890. The summed E-state index contributed by atoms with van der Waals surface area (Å²) in [5.74, 6) is -1.50. The zero-order valence-electron chi connectivity index (χ0n) is 13.7. The molecule has 1 atom stereocenters. The standard InChI is InChI=1S/C16H14N7O4/c17-9-14(20-19-10-5-7-11(8-6-10)23(26)27)16(25)22-21-15(24)12-3-1-2-4-13(12)18/h1-8,14,20H,(H4-,18,19,21,22,24,25,26,27)/q-1/t14-/m0/s1. The molecule has 1 aliphatic rings. The Kier molecular flexibility index (Phi) is 6.10. The third kappa shape index (κ3) is 5.07. The van der Waals surface area contributed by atoms with E-state index in [1.807, 2.05) is 0 Å². The number of hydrogen-bond donors (Lipinski definition) is 4. The third-order valence-electron chi connectivity index (χ3n) is 3.28. The number of nitrogens with one attached hydrogen (secondary N) is 3. The SMILES string of the molecule is N#C[C@H](NN=C1C=CC(=[N+]([O-])[O-])C=C1)C(=O)NNC(=O)c1ccccc1N. The van der Waals surface area contributed by atoms with Gasteiger partial charge in [-0.15, -0.1) is 0 Å². The number of hydrogen-bond acceptors (Lipinski definition) is 8. The molecule has 0 spiro atoms. The van der Waals surface area contributed by atoms with Crippen molar-refractivity contribution in [2.24, 2.45) is 5.10 Å². The van der Waals surface area contributed by atoms with E-state index in [0.717, 1.165) is 0 Å². The predicted molar refractivity (Wildman–Crippen MR) is 96.7 cm³/mol. The van der Waals surface area contributed by atoms with E-state index in [0.29, 0.717) is 0 Å². The van der Waals surface area contributed by atoms with Crippen molar-refractivity contribution in [1.82, 2.24) is 16.3 Å². The summed E-state index contributed by atoms with van der Waals surface area (Å²) in [5, 5.41) is 34.0. The highest BCUT2D eigenvalue weighted by Gasteiger charge is 2.18. The molecule has 0 fully saturated rings. The van der Waals surface area contributed by atoms with E-state index in [1.54, 1.807) is 18.2 Å². The van der Waals surface area contributed by atoms with E-state index < -0.39 is 22.8 Å². The lowest BCUT2D eigenvalue weighted by Crippen LogP contribution is -2.49. The topological polar surface area (TPSA) is 182 Å². The van der Waals surface area contributed by atoms with Crippen molar-refractivity contribution in [3.05, 3.63) is 64.5 Å². The molecule has 0 saturated heterocycles. The van der Waals surface area contributed by atoms with Crippen LogP contribution in [-0.4, -0.2) is 34.2 Å². The Morgan fingerprint density at radius 3 is 2.41 bits per heavy atom. The van der Waals surface area contributed by atoms with Crippen LogP contribution in [0.1, 0.15) is 10.4 Å². The van der Waals surface area contributed by atoms with E-state index in [2.05, 4.69) is 21.4 Å². The van der Waals surface area contributed by atoms with Crippen LogP contribution in [0.25, 0.3) is 0 Å². The highest BCUT2D eigenvalue weighted by atomic mass is 16.8. The highest BCUT2D eigenvalue weighted by Crippen LogP contribution is 2.09. The predicted octanol–water partition coefficient (Wildman–Crippen LogP) is -0.557. The lowest BCUT2D eigenvalue weighted by molar-refractivity contribution is -0.377. The number of nitrogen functional groups attached to an aromatic ring is 1. The summed E-state index contributed by atoms with van der Waals surface area (Å²) in [7, 11) is 0. The van der Waals surface area contributed by atoms with Crippen LogP contribution >= 0.6 is 0 Å². The lowest BCUT2D eigenvalue weighted by atomic mass is 10.1. The fourth-order valence-corrected chi connectivity index (χ4v) is 1.90. The number of allylic oxidation sites excluding steroid dienone is 4. The first-order valence-electron chi connectivity index (χ1n) is 7.47. The van der Waals surface area contributed by atoms with Crippen LogP contribution in [0.4, 0.5) is 5.69 Å². The molecule has 0 aromatic heterocycles. The average molecular weight is 368 g/mol. The summed E-state index contributed by atoms with van der Waals surface area (Å²) in [6.45, 7) is 0. The summed E-state index contributed by atoms with van der Waals surface area (Å²) >= 11 is 0. The molecule has 11 nitrogen and oxygen atoms in total. The van der Waals surface area contributed by atoms with Crippen molar-refractivity contribution in [2.75, 3.05) is 5.73 Å². The molecule has 2 amide bonds. The molecule has 1 aromatic carbocycles. The first kappa shape index (κ1) is 19.0. The average Bonchev–Trinajstić information content (AvgIpc) is 2.67. The summed E-state index contributed by atoms with van der Waals surface area (Å²) in [5.41, 5.74) is 12.8. The molecule has 138 valence electrons. The fraction of sp³-hybridized carbons (Fsp3) is 0.0625. The van der Waals surface area contributed by atoms with Crippen LogP contribution in [-0.2, 0) is 4.79 Å². The molecule has 27 heavy (non-hydrogen) atoms. The van der Waals surface area contributed by atoms with Crippen LogP contribution < -0.4 is 22.0 Å². The minimum Gasteiger partial charge on any atom is -0.612 e. The van der Waals surface area contributed by atoms with Gasteiger partial charge in [0.05, 0.1) is 17.3 Å². The maximum Gasteiger partial charge on any atom is 0.277 e. The molecule has 5 N–H and O–H groups in total. The van der Waals surface area contributed by atoms with Crippen molar-refractivity contribution >= 4 is 28.9 Å². The van der Waals surface area contributed by atoms with Gasteiger partial charge in [-0.2, -0.15) is 15.3 Å². The summed E-state index contributed by atoms with van der Waals surface area (Å²) in [4.78, 5) is 23.4. The van der Waals surface area contributed by atoms with Gasteiger partial charge in [0.25, 0.3) is 11.8 Å². The molecular formula is C16H14N7O4-. The van der Waals surface area contributed by atoms with Crippen LogP contribution in [0.15, 0.2) is 53.7 Å². The van der Waals surface area contributed by atoms with Crippen LogP contribution in [0.2, 0.25) is 0 Å². The van der Waals surface area contributed by atoms with Gasteiger partial charge in [0.1, 0.15) is 0 Å². The Labute approximate surface area is 153 Å². The number of hydrazine groups is 1. The minimum atomic E-state index is -1.41. The molecule has 0 radical (unpaired) electrons. The molecule has 11 heteroatoms. The van der Waals surface area contributed by atoms with E-state index >= 15 is 0 Å². The van der Waals surface area contributed by atoms with Gasteiger partial charge in [-0.1, -0.05) is 12.1 Å². The number of nitrogens with two attached hydrogens (primary N) is 1. The largest absolute Gasteiger partial charge is 0.612 e. The van der Waals surface area contributed by atoms with Crippen LogP contribution in [0.3, 0.4) is 0 Å². The van der Waals surface area contributed by atoms with Crippen molar-refractivity contribution in [2.45, 2.75) is 6.04 Å². The number of amides is 2. The number of anilines is 1. The number of nitriles is 1. The molecule has 0 saturated carbocycles. The Balaban J connectivity index is 1.92. The van der Waals surface area contributed by atoms with Crippen LogP contribution in [0.5, 0.6) is 0 Å². The molecule has 0 aliphatic heterocycles. The zero-order valence-corrected chi connectivity index (χ0v) is 13.7. The second-order valence-corrected chi connectivity index (χ2v) is 5.11. The number of para-hydroxylation sites is 1. The quantitative estimate of drug-likeness (QED) is 0.238. The van der Waals surface area contributed by atoms with E-state index in [4.69, 9.17) is 11.0 Å². The maximum atomic E-state index is 12.0. The van der Waals surface area contributed by atoms with E-state index in [9.17, 15) is 20.0 Å². The Hall–Kier alpha value is -4.33. The van der Waals surface area contributed by atoms with E-state index in [-0.39, 0.29) is 22.7 Å². The summed E-state index contributed by atoms with van der Waals surface area (Å²) < 4.78 is 0. The van der Waals surface area contributed by atoms with Gasteiger partial charge in [-0.05, 0) is 24.3 Å². The van der Waals surface area contributed by atoms with E-state index in [1.165, 1.54) is 36.4 Å². The van der Waals surface area contributed by atoms with Crippen LogP contribution in [0, 0.1) is 21.7 Å². The first-order valence-corrected chi connectivity index (χ1v) is 7.47. The third-order valence-corrected chi connectivity index (χ3v) is 3.28. The fourth-order valence-electron chi connectivity index (χ4n) is 1.90. The van der Waals surface area contributed by atoms with Crippen molar-refractivity contribution in [3.63, 3.8) is 0 Å². The Morgan fingerprint density at radius 1 is 1.15 bits per heavy atom. The van der Waals surface area contributed by atoms with Crippen molar-refractivity contribution < 1.29 is 14.5 Å². The van der Waals surface area contributed by atoms with Gasteiger partial charge in [-0.3, -0.25) is 25.9 Å². The zero-order chi connectivity index (χ0) is 19.8. The molecule has 2 rings (SSSR count). The number of carbonyl (C=O) groups excluding carboxylic acids is 2.